The van der Waals surface area contributed by atoms with Crippen molar-refractivity contribution >= 4 is 12.1 Å². The van der Waals surface area contributed by atoms with E-state index in [1.54, 1.807) is 6.07 Å². The first-order valence-corrected chi connectivity index (χ1v) is 7.48. The van der Waals surface area contributed by atoms with Crippen LogP contribution in [0.25, 0.3) is 0 Å². The second-order valence-corrected chi connectivity index (χ2v) is 6.56. The standard InChI is InChI=1S/C17H23NO4/c1-17(2,3)22-16(20)18-14-8-7-11-5-6-12(15(19)21-4)9-13(11)10-14/h5-6,9,14H,7-8,10H2,1-4H3,(H,18,20)/t14-/m1/s1. The van der Waals surface area contributed by atoms with E-state index in [9.17, 15) is 9.59 Å². The van der Waals surface area contributed by atoms with Crippen LogP contribution in [0.1, 0.15) is 48.7 Å². The summed E-state index contributed by atoms with van der Waals surface area (Å²) in [4.78, 5) is 23.5. The zero-order valence-electron chi connectivity index (χ0n) is 13.6. The second-order valence-electron chi connectivity index (χ2n) is 6.56. The number of fused-ring (bicyclic) bond motifs is 1. The lowest BCUT2D eigenvalue weighted by Gasteiger charge is -2.27. The molecule has 0 aromatic heterocycles. The summed E-state index contributed by atoms with van der Waals surface area (Å²) in [5.41, 5.74) is 2.33. The molecule has 0 bridgehead atoms. The Hall–Kier alpha value is -2.04. The molecule has 0 fully saturated rings. The zero-order chi connectivity index (χ0) is 16.3. The maximum atomic E-state index is 11.9. The van der Waals surface area contributed by atoms with Gasteiger partial charge in [0.15, 0.2) is 0 Å². The highest BCUT2D eigenvalue weighted by Crippen LogP contribution is 2.23. The number of nitrogens with one attached hydrogen (secondary N) is 1. The first-order chi connectivity index (χ1) is 10.3. The summed E-state index contributed by atoms with van der Waals surface area (Å²) in [6, 6.07) is 5.62. The molecule has 1 aromatic carbocycles. The molecule has 5 heteroatoms. The van der Waals surface area contributed by atoms with Gasteiger partial charge < -0.3 is 14.8 Å². The lowest BCUT2D eigenvalue weighted by Crippen LogP contribution is -2.41. The molecule has 0 aliphatic heterocycles. The maximum absolute atomic E-state index is 11.9. The average Bonchev–Trinajstić information content (AvgIpc) is 2.43. The van der Waals surface area contributed by atoms with Crippen LogP contribution >= 0.6 is 0 Å². The monoisotopic (exact) mass is 305 g/mol. The number of benzene rings is 1. The Morgan fingerprint density at radius 1 is 1.23 bits per heavy atom. The van der Waals surface area contributed by atoms with Gasteiger partial charge in [0, 0.05) is 6.04 Å². The number of ether oxygens (including phenoxy) is 2. The molecule has 2 rings (SSSR count). The van der Waals surface area contributed by atoms with Gasteiger partial charge in [-0.2, -0.15) is 0 Å². The van der Waals surface area contributed by atoms with Gasteiger partial charge in [0.05, 0.1) is 12.7 Å². The summed E-state index contributed by atoms with van der Waals surface area (Å²) in [6.07, 6.45) is 2.03. The van der Waals surface area contributed by atoms with Crippen LogP contribution in [-0.4, -0.2) is 30.8 Å². The molecule has 1 amide bonds. The van der Waals surface area contributed by atoms with Gasteiger partial charge in [0.1, 0.15) is 5.60 Å². The Morgan fingerprint density at radius 2 is 1.95 bits per heavy atom. The van der Waals surface area contributed by atoms with Crippen molar-refractivity contribution < 1.29 is 19.1 Å². The summed E-state index contributed by atoms with van der Waals surface area (Å²) < 4.78 is 10.0. The molecular weight excluding hydrogens is 282 g/mol. The Kier molecular flexibility index (Phi) is 4.74. The summed E-state index contributed by atoms with van der Waals surface area (Å²) >= 11 is 0. The van der Waals surface area contributed by atoms with E-state index < -0.39 is 11.7 Å². The van der Waals surface area contributed by atoms with Crippen LogP contribution in [0.3, 0.4) is 0 Å². The van der Waals surface area contributed by atoms with E-state index in [1.165, 1.54) is 12.7 Å². The van der Waals surface area contributed by atoms with Crippen LogP contribution in [-0.2, 0) is 22.3 Å². The van der Waals surface area contributed by atoms with E-state index in [1.807, 2.05) is 32.9 Å². The van der Waals surface area contributed by atoms with Crippen LogP contribution in [0.15, 0.2) is 18.2 Å². The van der Waals surface area contributed by atoms with Crippen LogP contribution in [0.4, 0.5) is 4.79 Å². The molecule has 5 nitrogen and oxygen atoms in total. The number of carbonyl (C=O) groups is 2. The minimum absolute atomic E-state index is 0.0234. The number of aryl methyl sites for hydroxylation is 1. The molecule has 1 aliphatic carbocycles. The van der Waals surface area contributed by atoms with Gasteiger partial charge in [-0.15, -0.1) is 0 Å². The molecule has 0 unspecified atom stereocenters. The third kappa shape index (κ3) is 4.23. The van der Waals surface area contributed by atoms with Gasteiger partial charge in [-0.3, -0.25) is 0 Å². The van der Waals surface area contributed by atoms with E-state index in [-0.39, 0.29) is 12.0 Å². The van der Waals surface area contributed by atoms with Gasteiger partial charge in [-0.05, 0) is 63.3 Å². The SMILES string of the molecule is COC(=O)c1ccc2c(c1)C[C@H](NC(=O)OC(C)(C)C)CC2. The highest BCUT2D eigenvalue weighted by molar-refractivity contribution is 5.89. The zero-order valence-corrected chi connectivity index (χ0v) is 13.6. The molecule has 1 N–H and O–H groups in total. The Labute approximate surface area is 131 Å². The van der Waals surface area contributed by atoms with E-state index >= 15 is 0 Å². The molecular formula is C17H23NO4. The van der Waals surface area contributed by atoms with Crippen LogP contribution < -0.4 is 5.32 Å². The van der Waals surface area contributed by atoms with Crippen molar-refractivity contribution in [1.82, 2.24) is 5.32 Å². The molecule has 1 atom stereocenters. The van der Waals surface area contributed by atoms with Crippen molar-refractivity contribution in [3.8, 4) is 0 Å². The number of rotatable bonds is 2. The van der Waals surface area contributed by atoms with Crippen molar-refractivity contribution in [2.24, 2.45) is 0 Å². The minimum Gasteiger partial charge on any atom is -0.465 e. The Morgan fingerprint density at radius 3 is 2.59 bits per heavy atom. The average molecular weight is 305 g/mol. The van der Waals surface area contributed by atoms with Gasteiger partial charge >= 0.3 is 12.1 Å². The number of amides is 1. The van der Waals surface area contributed by atoms with Gasteiger partial charge in [-0.1, -0.05) is 6.07 Å². The lowest BCUT2D eigenvalue weighted by molar-refractivity contribution is 0.0498. The number of hydrogen-bond acceptors (Lipinski definition) is 4. The molecule has 0 spiro atoms. The summed E-state index contributed by atoms with van der Waals surface area (Å²) in [6.45, 7) is 5.52. The van der Waals surface area contributed by atoms with Crippen molar-refractivity contribution in [3.05, 3.63) is 34.9 Å². The van der Waals surface area contributed by atoms with Crippen molar-refractivity contribution in [3.63, 3.8) is 0 Å². The van der Waals surface area contributed by atoms with Gasteiger partial charge in [0.25, 0.3) is 0 Å². The summed E-state index contributed by atoms with van der Waals surface area (Å²) in [5, 5.41) is 2.90. The summed E-state index contributed by atoms with van der Waals surface area (Å²) in [5.74, 6) is -0.343. The van der Waals surface area contributed by atoms with Crippen LogP contribution in [0.5, 0.6) is 0 Å². The number of hydrogen-bond donors (Lipinski definition) is 1. The minimum atomic E-state index is -0.505. The van der Waals surface area contributed by atoms with Crippen molar-refractivity contribution in [2.45, 2.75) is 51.7 Å². The number of carbonyl (C=O) groups excluding carboxylic acids is 2. The first kappa shape index (κ1) is 16.3. The molecule has 0 radical (unpaired) electrons. The third-order valence-corrected chi connectivity index (χ3v) is 3.58. The molecule has 0 saturated carbocycles. The van der Waals surface area contributed by atoms with Gasteiger partial charge in [-0.25, -0.2) is 9.59 Å². The van der Waals surface area contributed by atoms with E-state index in [0.29, 0.717) is 12.0 Å². The number of esters is 1. The van der Waals surface area contributed by atoms with Crippen LogP contribution in [0.2, 0.25) is 0 Å². The topological polar surface area (TPSA) is 64.6 Å². The summed E-state index contributed by atoms with van der Waals surface area (Å²) in [7, 11) is 1.37. The number of methoxy groups -OCH3 is 1. The highest BCUT2D eigenvalue weighted by Gasteiger charge is 2.24. The molecule has 0 saturated heterocycles. The van der Waals surface area contributed by atoms with Gasteiger partial charge in [0.2, 0.25) is 0 Å². The van der Waals surface area contributed by atoms with Crippen LogP contribution in [0, 0.1) is 0 Å². The predicted molar refractivity (Wildman–Crippen MR) is 83.0 cm³/mol. The second kappa shape index (κ2) is 6.38. The molecule has 120 valence electrons. The van der Waals surface area contributed by atoms with E-state index in [4.69, 9.17) is 9.47 Å². The quantitative estimate of drug-likeness (QED) is 0.853. The fourth-order valence-electron chi connectivity index (χ4n) is 2.60. The Balaban J connectivity index is 2.04. The number of alkyl carbamates (subject to hydrolysis) is 1. The normalized spacial score (nSPS) is 17.4. The largest absolute Gasteiger partial charge is 0.465 e. The van der Waals surface area contributed by atoms with E-state index in [2.05, 4.69) is 5.32 Å². The molecule has 22 heavy (non-hydrogen) atoms. The fourth-order valence-corrected chi connectivity index (χ4v) is 2.60. The van der Waals surface area contributed by atoms with E-state index in [0.717, 1.165) is 18.4 Å². The Bertz CT molecular complexity index is 575. The van der Waals surface area contributed by atoms with Crippen molar-refractivity contribution in [1.29, 1.82) is 0 Å². The smallest absolute Gasteiger partial charge is 0.407 e. The predicted octanol–water partition coefficient (Wildman–Crippen LogP) is 2.86. The molecule has 0 heterocycles. The fraction of sp³-hybridized carbons (Fsp3) is 0.529. The lowest BCUT2D eigenvalue weighted by atomic mass is 9.87. The van der Waals surface area contributed by atoms with Crippen molar-refractivity contribution in [2.75, 3.05) is 7.11 Å². The molecule has 1 aliphatic rings. The third-order valence-electron chi connectivity index (χ3n) is 3.58. The first-order valence-electron chi connectivity index (χ1n) is 7.48. The highest BCUT2D eigenvalue weighted by atomic mass is 16.6. The maximum Gasteiger partial charge on any atom is 0.407 e. The molecule has 1 aromatic rings.